The molecule has 0 saturated carbocycles. The molecule has 1 rings (SSSR count). The molecule has 0 aliphatic heterocycles. The van der Waals surface area contributed by atoms with Gasteiger partial charge in [0.2, 0.25) is 0 Å². The maximum atomic E-state index is 11.6. The van der Waals surface area contributed by atoms with Crippen molar-refractivity contribution in [1.29, 1.82) is 5.26 Å². The predicted octanol–water partition coefficient (Wildman–Crippen LogP) is 1.35. The van der Waals surface area contributed by atoms with Gasteiger partial charge in [-0.05, 0) is 12.1 Å². The minimum absolute atomic E-state index is 0.183. The van der Waals surface area contributed by atoms with E-state index in [2.05, 4.69) is 0 Å². The molecule has 0 aromatic heterocycles. The Morgan fingerprint density at radius 2 is 2.11 bits per heavy atom. The van der Waals surface area contributed by atoms with Gasteiger partial charge in [0.15, 0.2) is 9.84 Å². The minimum atomic E-state index is -3.69. The highest BCUT2D eigenvalue weighted by molar-refractivity contribution is 7.90. The van der Waals surface area contributed by atoms with E-state index in [1.54, 1.807) is 7.05 Å². The van der Waals surface area contributed by atoms with Gasteiger partial charge >= 0.3 is 5.69 Å². The number of nitro benzene ring substituents is 1. The largest absolute Gasteiger partial charge is 0.368 e. The fourth-order valence-electron chi connectivity index (χ4n) is 1.64. The molecule has 7 nitrogen and oxygen atoms in total. The van der Waals surface area contributed by atoms with Crippen molar-refractivity contribution in [3.8, 4) is 6.07 Å². The van der Waals surface area contributed by atoms with Crippen molar-refractivity contribution in [3.05, 3.63) is 28.3 Å². The molecule has 0 saturated heterocycles. The Balaban J connectivity index is 3.42. The zero-order valence-corrected chi connectivity index (χ0v) is 11.3. The van der Waals surface area contributed by atoms with Gasteiger partial charge in [-0.25, -0.2) is 8.42 Å². The summed E-state index contributed by atoms with van der Waals surface area (Å²) in [7, 11) is -2.11. The first-order valence-corrected chi connectivity index (χ1v) is 7.23. The number of rotatable bonds is 5. The normalized spacial score (nSPS) is 10.8. The van der Waals surface area contributed by atoms with Gasteiger partial charge in [0.05, 0.1) is 17.4 Å². The Kier molecular flexibility index (Phi) is 4.45. The molecule has 0 fully saturated rings. The molecule has 0 spiro atoms. The van der Waals surface area contributed by atoms with Gasteiger partial charge in [-0.2, -0.15) is 5.26 Å². The highest BCUT2D eigenvalue weighted by atomic mass is 32.2. The van der Waals surface area contributed by atoms with Crippen molar-refractivity contribution in [2.75, 3.05) is 24.7 Å². The number of para-hydroxylation sites is 1. The number of nitrogens with zero attached hydrogens (tertiary/aromatic N) is 3. The summed E-state index contributed by atoms with van der Waals surface area (Å²) in [6.45, 7) is 0.282. The van der Waals surface area contributed by atoms with Crippen LogP contribution in [-0.4, -0.2) is 33.2 Å². The Hall–Kier alpha value is -2.14. The summed E-state index contributed by atoms with van der Waals surface area (Å²) in [5, 5.41) is 19.6. The molecule has 8 heteroatoms. The third-order valence-electron chi connectivity index (χ3n) is 2.53. The van der Waals surface area contributed by atoms with Crippen LogP contribution in [0.25, 0.3) is 0 Å². The number of anilines is 1. The third-order valence-corrected chi connectivity index (χ3v) is 3.66. The first kappa shape index (κ1) is 14.9. The van der Waals surface area contributed by atoms with Gasteiger partial charge in [-0.3, -0.25) is 10.1 Å². The van der Waals surface area contributed by atoms with Crippen LogP contribution < -0.4 is 4.90 Å². The summed E-state index contributed by atoms with van der Waals surface area (Å²) in [6.07, 6.45) is 1.12. The van der Waals surface area contributed by atoms with Gasteiger partial charge in [0.25, 0.3) is 0 Å². The molecule has 0 amide bonds. The molecule has 0 heterocycles. The average molecular weight is 283 g/mol. The summed E-state index contributed by atoms with van der Waals surface area (Å²) in [5.41, 5.74) is -0.270. The highest BCUT2D eigenvalue weighted by Crippen LogP contribution is 2.33. The monoisotopic (exact) mass is 283 g/mol. The molecule has 0 unspecified atom stereocenters. The van der Waals surface area contributed by atoms with Crippen LogP contribution in [0.1, 0.15) is 6.42 Å². The van der Waals surface area contributed by atoms with Gasteiger partial charge < -0.3 is 4.90 Å². The zero-order valence-electron chi connectivity index (χ0n) is 10.5. The van der Waals surface area contributed by atoms with Crippen molar-refractivity contribution in [3.63, 3.8) is 0 Å². The number of hydrogen-bond acceptors (Lipinski definition) is 6. The van der Waals surface area contributed by atoms with E-state index >= 15 is 0 Å². The van der Waals surface area contributed by atoms with Crippen molar-refractivity contribution in [2.45, 2.75) is 11.3 Å². The Labute approximate surface area is 111 Å². The quantitative estimate of drug-likeness (QED) is 0.596. The lowest BCUT2D eigenvalue weighted by Gasteiger charge is -2.18. The van der Waals surface area contributed by atoms with E-state index in [0.29, 0.717) is 0 Å². The van der Waals surface area contributed by atoms with Crippen LogP contribution in [-0.2, 0) is 9.84 Å². The second-order valence-electron chi connectivity index (χ2n) is 3.98. The highest BCUT2D eigenvalue weighted by Gasteiger charge is 2.27. The summed E-state index contributed by atoms with van der Waals surface area (Å²) >= 11 is 0. The van der Waals surface area contributed by atoms with E-state index in [9.17, 15) is 18.5 Å². The maximum Gasteiger partial charge on any atom is 0.311 e. The molecule has 0 radical (unpaired) electrons. The number of hydrogen-bond donors (Lipinski definition) is 0. The fourth-order valence-corrected chi connectivity index (χ4v) is 2.50. The van der Waals surface area contributed by atoms with Crippen LogP contribution >= 0.6 is 0 Å². The molecule has 0 bridgehead atoms. The lowest BCUT2D eigenvalue weighted by atomic mass is 10.2. The third kappa shape index (κ3) is 3.42. The summed E-state index contributed by atoms with van der Waals surface area (Å²) in [4.78, 5) is 11.6. The van der Waals surface area contributed by atoms with Crippen LogP contribution in [0, 0.1) is 21.4 Å². The maximum absolute atomic E-state index is 11.6. The standard InChI is InChI=1S/C11H13N3O4S/c1-13(8-4-7-12)9-5-3-6-10(19(2,17)18)11(9)14(15)16/h3,5-6H,4,8H2,1-2H3. The Morgan fingerprint density at radius 3 is 2.58 bits per heavy atom. The molecule has 0 atom stereocenters. The van der Waals surface area contributed by atoms with E-state index in [0.717, 1.165) is 6.26 Å². The average Bonchev–Trinajstić information content (AvgIpc) is 2.33. The van der Waals surface area contributed by atoms with Gasteiger partial charge in [0, 0.05) is 19.8 Å². The van der Waals surface area contributed by atoms with E-state index in [1.165, 1.54) is 23.1 Å². The second kappa shape index (κ2) is 5.67. The van der Waals surface area contributed by atoms with Crippen molar-refractivity contribution >= 4 is 21.2 Å². The number of sulfone groups is 1. The van der Waals surface area contributed by atoms with Crippen LogP contribution in [0.2, 0.25) is 0 Å². The fraction of sp³-hybridized carbons (Fsp3) is 0.364. The Bertz CT molecular complexity index is 634. The van der Waals surface area contributed by atoms with Gasteiger partial charge in [0.1, 0.15) is 10.6 Å². The zero-order chi connectivity index (χ0) is 14.6. The van der Waals surface area contributed by atoms with E-state index in [-0.39, 0.29) is 23.5 Å². The van der Waals surface area contributed by atoms with E-state index in [4.69, 9.17) is 5.26 Å². The van der Waals surface area contributed by atoms with Crippen LogP contribution in [0.3, 0.4) is 0 Å². The summed E-state index contributed by atoms with van der Waals surface area (Å²) in [5.74, 6) is 0. The van der Waals surface area contributed by atoms with Gasteiger partial charge in [-0.1, -0.05) is 6.07 Å². The number of benzene rings is 1. The molecular weight excluding hydrogens is 270 g/mol. The molecule has 19 heavy (non-hydrogen) atoms. The molecule has 0 N–H and O–H groups in total. The second-order valence-corrected chi connectivity index (χ2v) is 5.97. The predicted molar refractivity (Wildman–Crippen MR) is 69.7 cm³/mol. The molecule has 1 aromatic carbocycles. The lowest BCUT2D eigenvalue weighted by Crippen LogP contribution is -2.20. The Morgan fingerprint density at radius 1 is 1.47 bits per heavy atom. The number of nitro groups is 1. The van der Waals surface area contributed by atoms with E-state index < -0.39 is 20.4 Å². The van der Waals surface area contributed by atoms with Crippen molar-refractivity contribution in [2.24, 2.45) is 0 Å². The van der Waals surface area contributed by atoms with Gasteiger partial charge in [-0.15, -0.1) is 0 Å². The first-order chi connectivity index (χ1) is 8.79. The molecule has 0 aliphatic rings. The van der Waals surface area contributed by atoms with Crippen molar-refractivity contribution < 1.29 is 13.3 Å². The first-order valence-electron chi connectivity index (χ1n) is 5.34. The topological polar surface area (TPSA) is 104 Å². The van der Waals surface area contributed by atoms with E-state index in [1.807, 2.05) is 6.07 Å². The number of nitriles is 1. The minimum Gasteiger partial charge on any atom is -0.368 e. The van der Waals surface area contributed by atoms with Crippen molar-refractivity contribution in [1.82, 2.24) is 0 Å². The molecule has 1 aromatic rings. The molecule has 102 valence electrons. The summed E-state index contributed by atoms with van der Waals surface area (Å²) < 4.78 is 23.1. The smallest absolute Gasteiger partial charge is 0.311 e. The SMILES string of the molecule is CN(CCC#N)c1cccc(S(C)(=O)=O)c1[N+](=O)[O-]. The van der Waals surface area contributed by atoms with Crippen LogP contribution in [0.4, 0.5) is 11.4 Å². The van der Waals surface area contributed by atoms with Crippen LogP contribution in [0.15, 0.2) is 23.1 Å². The molecular formula is C11H13N3O4S. The molecule has 0 aliphatic carbocycles. The summed E-state index contributed by atoms with van der Waals surface area (Å²) in [6, 6.07) is 6.04. The lowest BCUT2D eigenvalue weighted by molar-refractivity contribution is -0.387. The van der Waals surface area contributed by atoms with Crippen LogP contribution in [0.5, 0.6) is 0 Å².